The van der Waals surface area contributed by atoms with Crippen molar-refractivity contribution in [3.05, 3.63) is 107 Å². The van der Waals surface area contributed by atoms with Gasteiger partial charge < -0.3 is 9.47 Å². The topological polar surface area (TPSA) is 68.1 Å². The van der Waals surface area contributed by atoms with Crippen LogP contribution in [0.15, 0.2) is 90.1 Å². The molecule has 36 heavy (non-hydrogen) atoms. The molecule has 0 N–H and O–H groups in total. The predicted molar refractivity (Wildman–Crippen MR) is 143 cm³/mol. The fraction of sp³-hybridized carbons (Fsp3) is 0.129. The summed E-state index contributed by atoms with van der Waals surface area (Å²) < 4.78 is 2.23. The number of hydrogen-bond donors (Lipinski definition) is 0. The Kier molecular flexibility index (Phi) is 4.46. The van der Waals surface area contributed by atoms with E-state index in [2.05, 4.69) is 81.2 Å². The zero-order chi connectivity index (χ0) is 24.2. The molecule has 5 nitrogen and oxygen atoms in total. The van der Waals surface area contributed by atoms with Gasteiger partial charge in [0.2, 0.25) is 0 Å². The van der Waals surface area contributed by atoms with E-state index in [0.717, 1.165) is 33.7 Å². The third-order valence-electron chi connectivity index (χ3n) is 7.50. The fourth-order valence-corrected chi connectivity index (χ4v) is 5.97. The number of para-hydroxylation sites is 2. The number of aromatic nitrogens is 1. The second-order valence-corrected chi connectivity index (χ2v) is 9.45. The van der Waals surface area contributed by atoms with Crippen LogP contribution in [0.3, 0.4) is 0 Å². The van der Waals surface area contributed by atoms with E-state index in [1.807, 2.05) is 42.8 Å². The fourth-order valence-electron chi connectivity index (χ4n) is 5.97. The van der Waals surface area contributed by atoms with Crippen molar-refractivity contribution in [3.63, 3.8) is 0 Å². The molecule has 5 heteroatoms. The quantitative estimate of drug-likeness (QED) is 0.345. The molecule has 4 aromatic rings. The lowest BCUT2D eigenvalue weighted by molar-refractivity contribution is 0.787. The Morgan fingerprint density at radius 2 is 1.75 bits per heavy atom. The van der Waals surface area contributed by atoms with Crippen molar-refractivity contribution in [1.29, 1.82) is 10.5 Å². The summed E-state index contributed by atoms with van der Waals surface area (Å²) >= 11 is 0. The van der Waals surface area contributed by atoms with Crippen LogP contribution in [-0.4, -0.2) is 16.8 Å². The first-order valence-electron chi connectivity index (χ1n) is 12.1. The Morgan fingerprint density at radius 1 is 0.917 bits per heavy atom. The van der Waals surface area contributed by atoms with E-state index >= 15 is 0 Å². The minimum Gasteiger partial charge on any atom is -0.332 e. The lowest BCUT2D eigenvalue weighted by Gasteiger charge is -2.28. The largest absolute Gasteiger partial charge is 0.332 e. The number of nitriles is 2. The van der Waals surface area contributed by atoms with Crippen LogP contribution >= 0.6 is 0 Å². The second kappa shape index (κ2) is 7.83. The molecule has 3 aromatic carbocycles. The highest BCUT2D eigenvalue weighted by Crippen LogP contribution is 2.47. The summed E-state index contributed by atoms with van der Waals surface area (Å²) in [6.45, 7) is 0. The maximum atomic E-state index is 10.0. The van der Waals surface area contributed by atoms with Crippen molar-refractivity contribution in [2.45, 2.75) is 18.4 Å². The van der Waals surface area contributed by atoms with Crippen LogP contribution in [0.5, 0.6) is 0 Å². The van der Waals surface area contributed by atoms with Gasteiger partial charge in [0.25, 0.3) is 0 Å². The maximum Gasteiger partial charge on any atom is 0.0993 e. The third-order valence-corrected chi connectivity index (χ3v) is 7.50. The Labute approximate surface area is 209 Å². The first kappa shape index (κ1) is 20.5. The van der Waals surface area contributed by atoms with Crippen molar-refractivity contribution >= 4 is 34.6 Å². The number of benzene rings is 3. The molecule has 0 spiro atoms. The Morgan fingerprint density at radius 3 is 2.64 bits per heavy atom. The number of allylic oxidation sites excluding steroid dienone is 1. The number of rotatable bonds is 2. The highest BCUT2D eigenvalue weighted by atomic mass is 15.2. The highest BCUT2D eigenvalue weighted by molar-refractivity contribution is 5.92. The highest BCUT2D eigenvalue weighted by Gasteiger charge is 2.38. The summed E-state index contributed by atoms with van der Waals surface area (Å²) in [5.41, 5.74) is 8.25. The molecule has 7 rings (SSSR count). The lowest BCUT2D eigenvalue weighted by Crippen LogP contribution is -2.32. The molecular weight excluding hydrogens is 442 g/mol. The van der Waals surface area contributed by atoms with Crippen molar-refractivity contribution in [3.8, 4) is 17.8 Å². The second-order valence-electron chi connectivity index (χ2n) is 9.45. The van der Waals surface area contributed by atoms with Crippen LogP contribution in [0, 0.1) is 28.6 Å². The van der Waals surface area contributed by atoms with E-state index < -0.39 is 0 Å². The zero-order valence-corrected chi connectivity index (χ0v) is 19.4. The smallest absolute Gasteiger partial charge is 0.0993 e. The normalized spacial score (nSPS) is 21.1. The van der Waals surface area contributed by atoms with Gasteiger partial charge in [0.1, 0.15) is 0 Å². The first-order chi connectivity index (χ1) is 17.8. The van der Waals surface area contributed by atoms with Gasteiger partial charge in [-0.1, -0.05) is 48.6 Å². The molecule has 0 fully saturated rings. The molecule has 3 aliphatic rings. The lowest BCUT2D eigenvalue weighted by atomic mass is 9.93. The standard InChI is InChI=1S/C31H21N5/c32-17-20-9-10-30-27(15-20)25-6-2-4-8-29(25)35(30)22-13-21(18-33)14-23(16-22)36-28-7-3-1-5-24(28)26-11-12-34-19-31(26)36/h1-14,16,19-20,26,31H,15H2. The molecule has 0 saturated heterocycles. The summed E-state index contributed by atoms with van der Waals surface area (Å²) in [6.07, 6.45) is 10.8. The summed E-state index contributed by atoms with van der Waals surface area (Å²) in [4.78, 5) is 6.76. The monoisotopic (exact) mass is 463 g/mol. The van der Waals surface area contributed by atoms with Gasteiger partial charge >= 0.3 is 0 Å². The van der Waals surface area contributed by atoms with E-state index in [1.165, 1.54) is 11.1 Å². The van der Waals surface area contributed by atoms with Gasteiger partial charge in [0, 0.05) is 46.5 Å². The number of nitrogens with zero attached hydrogens (tertiary/aromatic N) is 5. The molecular formula is C31H21N5. The van der Waals surface area contributed by atoms with Gasteiger partial charge in [-0.15, -0.1) is 0 Å². The Hall–Kier alpha value is -4.87. The maximum absolute atomic E-state index is 10.0. The van der Waals surface area contributed by atoms with Crippen LogP contribution in [0.2, 0.25) is 0 Å². The zero-order valence-electron chi connectivity index (χ0n) is 19.4. The van der Waals surface area contributed by atoms with Gasteiger partial charge in [0.05, 0.1) is 35.2 Å². The number of hydrogen-bond acceptors (Lipinski definition) is 4. The molecule has 0 saturated carbocycles. The molecule has 1 aliphatic carbocycles. The van der Waals surface area contributed by atoms with E-state index in [4.69, 9.17) is 0 Å². The Balaban J connectivity index is 1.46. The minimum atomic E-state index is -0.130. The van der Waals surface area contributed by atoms with Crippen LogP contribution in [-0.2, 0) is 6.42 Å². The van der Waals surface area contributed by atoms with Crippen molar-refractivity contribution in [1.82, 2.24) is 4.57 Å². The predicted octanol–water partition coefficient (Wildman–Crippen LogP) is 6.41. The molecule has 170 valence electrons. The minimum absolute atomic E-state index is 0.0563. The number of fused-ring (bicyclic) bond motifs is 6. The SMILES string of the molecule is N#Cc1cc(N2c3ccccc3C3C=CN=CC32)cc(-n2c3c(c4ccccc42)CC(C#N)C=C3)c1. The molecule has 3 heterocycles. The van der Waals surface area contributed by atoms with Crippen LogP contribution in [0.1, 0.15) is 28.3 Å². The van der Waals surface area contributed by atoms with Crippen molar-refractivity contribution < 1.29 is 0 Å². The van der Waals surface area contributed by atoms with Gasteiger partial charge in [-0.3, -0.25) is 4.99 Å². The van der Waals surface area contributed by atoms with Crippen LogP contribution in [0.4, 0.5) is 11.4 Å². The average molecular weight is 464 g/mol. The van der Waals surface area contributed by atoms with Gasteiger partial charge in [-0.25, -0.2) is 0 Å². The molecule has 0 bridgehead atoms. The molecule has 0 amide bonds. The molecule has 2 aliphatic heterocycles. The average Bonchev–Trinajstić information content (AvgIpc) is 3.45. The van der Waals surface area contributed by atoms with Crippen molar-refractivity contribution in [2.75, 3.05) is 4.90 Å². The molecule has 1 aromatic heterocycles. The summed E-state index contributed by atoms with van der Waals surface area (Å²) in [6, 6.07) is 27.7. The van der Waals surface area contributed by atoms with E-state index in [1.54, 1.807) is 0 Å². The van der Waals surface area contributed by atoms with Crippen molar-refractivity contribution in [2.24, 2.45) is 10.9 Å². The molecule has 3 unspecified atom stereocenters. The number of aliphatic imine (C=N–C) groups is 1. The van der Waals surface area contributed by atoms with Gasteiger partial charge in [-0.05, 0) is 54.0 Å². The molecule has 0 radical (unpaired) electrons. The van der Waals surface area contributed by atoms with Gasteiger partial charge in [0.15, 0.2) is 0 Å². The summed E-state index contributed by atoms with van der Waals surface area (Å²) in [5.74, 6) is 0.0911. The Bertz CT molecular complexity index is 1720. The van der Waals surface area contributed by atoms with Gasteiger partial charge in [-0.2, -0.15) is 10.5 Å². The molecule has 3 atom stereocenters. The summed E-state index contributed by atoms with van der Waals surface area (Å²) in [5, 5.41) is 20.7. The van der Waals surface area contributed by atoms with E-state index in [9.17, 15) is 10.5 Å². The first-order valence-corrected chi connectivity index (χ1v) is 12.1. The summed E-state index contributed by atoms with van der Waals surface area (Å²) in [7, 11) is 0. The van der Waals surface area contributed by atoms with E-state index in [-0.39, 0.29) is 17.9 Å². The van der Waals surface area contributed by atoms with E-state index in [0.29, 0.717) is 12.0 Å². The van der Waals surface area contributed by atoms with Crippen LogP contribution in [0.25, 0.3) is 22.7 Å². The number of anilines is 2. The van der Waals surface area contributed by atoms with Crippen LogP contribution < -0.4 is 4.90 Å². The third kappa shape index (κ3) is 2.90.